The van der Waals surface area contributed by atoms with Crippen molar-refractivity contribution in [2.24, 2.45) is 5.10 Å². The van der Waals surface area contributed by atoms with Gasteiger partial charge in [-0.1, -0.05) is 22.0 Å². The second-order valence-electron chi connectivity index (χ2n) is 4.68. The molecule has 2 aromatic rings. The van der Waals surface area contributed by atoms with Crippen LogP contribution < -0.4 is 14.9 Å². The molecule has 0 bridgehead atoms. The molecule has 0 aliphatic carbocycles. The molecule has 0 spiro atoms. The Hall–Kier alpha value is -1.58. The molecule has 0 saturated heterocycles. The Morgan fingerprint density at radius 2 is 2.08 bits per heavy atom. The third kappa shape index (κ3) is 5.45. The summed E-state index contributed by atoms with van der Waals surface area (Å²) in [6.07, 6.45) is 1.32. The number of nitrogens with zero attached hydrogens (tertiary/aromatic N) is 1. The van der Waals surface area contributed by atoms with Crippen molar-refractivity contribution in [1.29, 1.82) is 0 Å². The lowest BCUT2D eigenvalue weighted by atomic mass is 10.2. The zero-order valence-corrected chi connectivity index (χ0v) is 17.7. The van der Waals surface area contributed by atoms with Gasteiger partial charge in [0.25, 0.3) is 5.91 Å². The molecule has 9 heteroatoms. The second-order valence-corrected chi connectivity index (χ2v) is 7.25. The summed E-state index contributed by atoms with van der Waals surface area (Å²) < 4.78 is 12.4. The normalized spacial score (nSPS) is 10.7. The van der Waals surface area contributed by atoms with E-state index >= 15 is 0 Å². The number of hydrazone groups is 1. The number of halogens is 3. The summed E-state index contributed by atoms with van der Waals surface area (Å²) in [5.74, 6) is 0.543. The summed E-state index contributed by atoms with van der Waals surface area (Å²) in [4.78, 5) is 11.7. The van der Waals surface area contributed by atoms with Crippen molar-refractivity contribution in [2.75, 3.05) is 13.7 Å². The molecule has 0 saturated carbocycles. The van der Waals surface area contributed by atoms with Crippen LogP contribution in [-0.4, -0.2) is 30.9 Å². The van der Waals surface area contributed by atoms with Crippen molar-refractivity contribution >= 4 is 59.9 Å². The molecule has 2 aromatic carbocycles. The number of hydrogen-bond acceptors (Lipinski definition) is 5. The highest BCUT2D eigenvalue weighted by atomic mass is 79.9. The predicted octanol–water partition coefficient (Wildman–Crippen LogP) is 4.22. The number of phenols is 1. The van der Waals surface area contributed by atoms with Crippen LogP contribution in [0.25, 0.3) is 0 Å². The Kier molecular flexibility index (Phi) is 7.27. The number of methoxy groups -OCH3 is 1. The van der Waals surface area contributed by atoms with Crippen molar-refractivity contribution in [3.05, 3.63) is 49.3 Å². The van der Waals surface area contributed by atoms with Gasteiger partial charge in [0, 0.05) is 10.0 Å². The first kappa shape index (κ1) is 19.7. The minimum Gasteiger partial charge on any atom is -0.506 e. The number of hydrogen-bond donors (Lipinski definition) is 2. The minimum absolute atomic E-state index is 0.0524. The number of aromatic hydroxyl groups is 1. The summed E-state index contributed by atoms with van der Waals surface area (Å²) in [6.45, 7) is -0.185. The Balaban J connectivity index is 1.95. The molecule has 0 aromatic heterocycles. The van der Waals surface area contributed by atoms with Crippen LogP contribution in [0.15, 0.2) is 48.9 Å². The topological polar surface area (TPSA) is 80.2 Å². The van der Waals surface area contributed by atoms with E-state index in [0.29, 0.717) is 26.0 Å². The SMILES string of the molecule is COc1c(Br)cc(C=NNC(=O)COc2cccc(Br)c2)c(O)c1Br. The number of rotatable bonds is 6. The highest BCUT2D eigenvalue weighted by molar-refractivity contribution is 9.11. The van der Waals surface area contributed by atoms with Gasteiger partial charge in [-0.15, -0.1) is 0 Å². The number of nitrogens with one attached hydrogen (secondary N) is 1. The predicted molar refractivity (Wildman–Crippen MR) is 105 cm³/mol. The monoisotopic (exact) mass is 534 g/mol. The summed E-state index contributed by atoms with van der Waals surface area (Å²) in [5.41, 5.74) is 2.73. The molecule has 2 N–H and O–H groups in total. The number of carbonyl (C=O) groups is 1. The van der Waals surface area contributed by atoms with Crippen LogP contribution in [0.2, 0.25) is 0 Å². The van der Waals surface area contributed by atoms with E-state index in [-0.39, 0.29) is 12.4 Å². The van der Waals surface area contributed by atoms with Crippen molar-refractivity contribution in [1.82, 2.24) is 5.43 Å². The molecule has 0 unspecified atom stereocenters. The number of phenolic OH excluding ortho intramolecular Hbond substituents is 1. The lowest BCUT2D eigenvalue weighted by molar-refractivity contribution is -0.123. The quantitative estimate of drug-likeness (QED) is 0.428. The van der Waals surface area contributed by atoms with Crippen LogP contribution >= 0.6 is 47.8 Å². The smallest absolute Gasteiger partial charge is 0.277 e. The summed E-state index contributed by atoms with van der Waals surface area (Å²) in [5, 5.41) is 13.9. The first-order valence-electron chi connectivity index (χ1n) is 6.87. The highest BCUT2D eigenvalue weighted by Crippen LogP contribution is 2.41. The molecule has 0 atom stereocenters. The Labute approximate surface area is 169 Å². The average Bonchev–Trinajstić information content (AvgIpc) is 2.58. The molecule has 6 nitrogen and oxygen atoms in total. The van der Waals surface area contributed by atoms with Gasteiger partial charge in [-0.25, -0.2) is 5.43 Å². The van der Waals surface area contributed by atoms with Crippen molar-refractivity contribution < 1.29 is 19.4 Å². The van der Waals surface area contributed by atoms with E-state index in [9.17, 15) is 9.90 Å². The number of ether oxygens (including phenoxy) is 2. The first-order valence-corrected chi connectivity index (χ1v) is 9.25. The standard InChI is InChI=1S/C16H13Br3N2O4/c1-24-16-12(18)5-9(15(23)14(16)19)7-20-21-13(22)8-25-11-4-2-3-10(17)6-11/h2-7,23H,8H2,1H3,(H,21,22). The Bertz CT molecular complexity index is 812. The van der Waals surface area contributed by atoms with Gasteiger partial charge < -0.3 is 14.6 Å². The maximum absolute atomic E-state index is 11.7. The number of benzene rings is 2. The van der Waals surface area contributed by atoms with Crippen LogP contribution in [0.1, 0.15) is 5.56 Å². The van der Waals surface area contributed by atoms with Gasteiger partial charge in [-0.2, -0.15) is 5.10 Å². The van der Waals surface area contributed by atoms with Crippen LogP contribution in [0.5, 0.6) is 17.2 Å². The Morgan fingerprint density at radius 3 is 2.76 bits per heavy atom. The van der Waals surface area contributed by atoms with E-state index in [4.69, 9.17) is 9.47 Å². The third-order valence-electron chi connectivity index (χ3n) is 2.94. The van der Waals surface area contributed by atoms with Crippen molar-refractivity contribution in [2.45, 2.75) is 0 Å². The lowest BCUT2D eigenvalue weighted by Gasteiger charge is -2.10. The molecule has 1 amide bonds. The largest absolute Gasteiger partial charge is 0.506 e. The number of carbonyl (C=O) groups excluding carboxylic acids is 1. The lowest BCUT2D eigenvalue weighted by Crippen LogP contribution is -2.24. The average molecular weight is 537 g/mol. The van der Waals surface area contributed by atoms with Gasteiger partial charge in [0.1, 0.15) is 16.0 Å². The van der Waals surface area contributed by atoms with E-state index in [1.165, 1.54) is 13.3 Å². The summed E-state index contributed by atoms with van der Waals surface area (Å²) in [7, 11) is 1.49. The zero-order chi connectivity index (χ0) is 18.4. The fraction of sp³-hybridized carbons (Fsp3) is 0.125. The molecule has 0 fully saturated rings. The maximum atomic E-state index is 11.7. The van der Waals surface area contributed by atoms with E-state index < -0.39 is 5.91 Å². The van der Waals surface area contributed by atoms with Gasteiger partial charge in [0.05, 0.1) is 17.8 Å². The summed E-state index contributed by atoms with van der Waals surface area (Å²) in [6, 6.07) is 8.77. The molecular formula is C16H13Br3N2O4. The highest BCUT2D eigenvalue weighted by Gasteiger charge is 2.14. The maximum Gasteiger partial charge on any atom is 0.277 e. The zero-order valence-electron chi connectivity index (χ0n) is 12.9. The van der Waals surface area contributed by atoms with Gasteiger partial charge in [-0.3, -0.25) is 4.79 Å². The summed E-state index contributed by atoms with van der Waals surface area (Å²) >= 11 is 9.89. The van der Waals surface area contributed by atoms with Crippen LogP contribution in [0, 0.1) is 0 Å². The fourth-order valence-corrected chi connectivity index (χ4v) is 3.66. The van der Waals surface area contributed by atoms with E-state index in [1.807, 2.05) is 6.07 Å². The van der Waals surface area contributed by atoms with Gasteiger partial charge >= 0.3 is 0 Å². The van der Waals surface area contributed by atoms with Crippen LogP contribution in [-0.2, 0) is 4.79 Å². The van der Waals surface area contributed by atoms with Crippen LogP contribution in [0.4, 0.5) is 0 Å². The van der Waals surface area contributed by atoms with Gasteiger partial charge in [0.2, 0.25) is 0 Å². The van der Waals surface area contributed by atoms with E-state index in [1.54, 1.807) is 24.3 Å². The fourth-order valence-electron chi connectivity index (χ4n) is 1.81. The van der Waals surface area contributed by atoms with Gasteiger partial charge in [0.15, 0.2) is 12.4 Å². The minimum atomic E-state index is -0.428. The second kappa shape index (κ2) is 9.21. The van der Waals surface area contributed by atoms with E-state index in [2.05, 4.69) is 58.3 Å². The molecule has 132 valence electrons. The number of amides is 1. The molecule has 0 heterocycles. The molecule has 0 aliphatic heterocycles. The van der Waals surface area contributed by atoms with Crippen molar-refractivity contribution in [3.8, 4) is 17.2 Å². The molecular weight excluding hydrogens is 524 g/mol. The third-order valence-corrected chi connectivity index (χ3v) is 4.76. The van der Waals surface area contributed by atoms with Crippen molar-refractivity contribution in [3.63, 3.8) is 0 Å². The first-order chi connectivity index (χ1) is 11.9. The van der Waals surface area contributed by atoms with E-state index in [0.717, 1.165) is 4.47 Å². The van der Waals surface area contributed by atoms with Gasteiger partial charge in [-0.05, 0) is 56.1 Å². The molecule has 2 rings (SSSR count). The molecule has 25 heavy (non-hydrogen) atoms. The Morgan fingerprint density at radius 1 is 1.32 bits per heavy atom. The molecule has 0 radical (unpaired) electrons. The molecule has 0 aliphatic rings. The van der Waals surface area contributed by atoms with Crippen LogP contribution in [0.3, 0.4) is 0 Å².